The second-order valence-electron chi connectivity index (χ2n) is 7.58. The highest BCUT2D eigenvalue weighted by molar-refractivity contribution is 5.90. The number of halogens is 1. The van der Waals surface area contributed by atoms with Crippen LogP contribution in [0, 0.1) is 17.1 Å². The smallest absolute Gasteiger partial charge is 0.205 e. The van der Waals surface area contributed by atoms with Crippen LogP contribution in [-0.4, -0.2) is 0 Å². The molecule has 1 atom stereocenters. The molecule has 0 amide bonds. The van der Waals surface area contributed by atoms with Gasteiger partial charge in [0, 0.05) is 16.5 Å². The lowest BCUT2D eigenvalue weighted by Gasteiger charge is -2.27. The standard InChI is InChI=1S/C27H19FN2O2/c28-24-8-4-2-6-19(24)16-31-20-12-9-18(10-13-20)25-22-14-11-17-5-1-3-7-21(17)26(22)32-27(30)23(25)15-29/h1-14,25H,16,30H2. The third-order valence-corrected chi connectivity index (χ3v) is 5.67. The number of nitriles is 1. The van der Waals surface area contributed by atoms with Gasteiger partial charge in [-0.3, -0.25) is 0 Å². The van der Waals surface area contributed by atoms with E-state index in [1.807, 2.05) is 60.7 Å². The van der Waals surface area contributed by atoms with Gasteiger partial charge < -0.3 is 15.2 Å². The quantitative estimate of drug-likeness (QED) is 0.453. The molecule has 1 heterocycles. The fourth-order valence-corrected chi connectivity index (χ4v) is 4.06. The fourth-order valence-electron chi connectivity index (χ4n) is 4.06. The van der Waals surface area contributed by atoms with Crippen LogP contribution in [0.5, 0.6) is 11.5 Å². The van der Waals surface area contributed by atoms with Crippen LogP contribution in [0.2, 0.25) is 0 Å². The predicted octanol–water partition coefficient (Wildman–Crippen LogP) is 5.78. The van der Waals surface area contributed by atoms with E-state index in [4.69, 9.17) is 15.2 Å². The lowest BCUT2D eigenvalue weighted by atomic mass is 9.82. The van der Waals surface area contributed by atoms with E-state index in [0.717, 1.165) is 21.9 Å². The van der Waals surface area contributed by atoms with Gasteiger partial charge in [-0.15, -0.1) is 0 Å². The van der Waals surface area contributed by atoms with Crippen LogP contribution in [-0.2, 0) is 6.61 Å². The van der Waals surface area contributed by atoms with Gasteiger partial charge in [-0.2, -0.15) is 5.26 Å². The zero-order valence-electron chi connectivity index (χ0n) is 17.1. The molecule has 0 fully saturated rings. The molecule has 4 nitrogen and oxygen atoms in total. The topological polar surface area (TPSA) is 68.3 Å². The molecular formula is C27H19FN2O2. The molecule has 4 aromatic rings. The largest absolute Gasteiger partial charge is 0.489 e. The zero-order chi connectivity index (χ0) is 22.1. The van der Waals surface area contributed by atoms with Crippen molar-refractivity contribution in [3.8, 4) is 17.6 Å². The molecule has 0 bridgehead atoms. The first-order valence-corrected chi connectivity index (χ1v) is 10.2. The summed E-state index contributed by atoms with van der Waals surface area (Å²) in [5, 5.41) is 11.8. The van der Waals surface area contributed by atoms with E-state index in [1.54, 1.807) is 18.2 Å². The Morgan fingerprint density at radius 2 is 1.69 bits per heavy atom. The first-order chi connectivity index (χ1) is 15.7. The van der Waals surface area contributed by atoms with Crippen molar-refractivity contribution in [3.05, 3.63) is 119 Å². The van der Waals surface area contributed by atoms with Gasteiger partial charge in [0.25, 0.3) is 0 Å². The van der Waals surface area contributed by atoms with Gasteiger partial charge in [0.1, 0.15) is 35.6 Å². The number of benzene rings is 4. The number of rotatable bonds is 4. The lowest BCUT2D eigenvalue weighted by Crippen LogP contribution is -2.21. The predicted molar refractivity (Wildman–Crippen MR) is 120 cm³/mol. The Morgan fingerprint density at radius 1 is 0.938 bits per heavy atom. The molecular weight excluding hydrogens is 403 g/mol. The SMILES string of the molecule is N#CC1=C(N)Oc2c(ccc3ccccc23)C1c1ccc(OCc2ccccc2F)cc1. The van der Waals surface area contributed by atoms with Crippen molar-refractivity contribution in [1.29, 1.82) is 5.26 Å². The Kier molecular flexibility index (Phi) is 4.97. The van der Waals surface area contributed by atoms with Crippen LogP contribution in [0.25, 0.3) is 10.8 Å². The Balaban J connectivity index is 1.49. The number of nitrogens with two attached hydrogens (primary N) is 1. The number of allylic oxidation sites excluding steroid dienone is 1. The molecule has 1 aliphatic heterocycles. The normalized spacial score (nSPS) is 15.1. The van der Waals surface area contributed by atoms with Crippen molar-refractivity contribution < 1.29 is 13.9 Å². The van der Waals surface area contributed by atoms with Crippen LogP contribution in [0.4, 0.5) is 4.39 Å². The first-order valence-electron chi connectivity index (χ1n) is 10.2. The van der Waals surface area contributed by atoms with Crippen molar-refractivity contribution in [1.82, 2.24) is 0 Å². The molecule has 5 heteroatoms. The maximum atomic E-state index is 13.8. The fraction of sp³-hybridized carbons (Fsp3) is 0.0741. The van der Waals surface area contributed by atoms with E-state index in [-0.39, 0.29) is 24.2 Å². The second-order valence-corrected chi connectivity index (χ2v) is 7.58. The van der Waals surface area contributed by atoms with Crippen LogP contribution >= 0.6 is 0 Å². The summed E-state index contributed by atoms with van der Waals surface area (Å²) in [5.74, 6) is 0.743. The van der Waals surface area contributed by atoms with E-state index < -0.39 is 0 Å². The van der Waals surface area contributed by atoms with Gasteiger partial charge in [-0.1, -0.05) is 66.7 Å². The molecule has 5 rings (SSSR count). The molecule has 1 aliphatic rings. The summed E-state index contributed by atoms with van der Waals surface area (Å²) in [7, 11) is 0. The Labute approximate surface area is 184 Å². The summed E-state index contributed by atoms with van der Waals surface area (Å²) in [5.41, 5.74) is 8.79. The highest BCUT2D eigenvalue weighted by atomic mass is 19.1. The van der Waals surface area contributed by atoms with Crippen molar-refractivity contribution in [2.45, 2.75) is 12.5 Å². The van der Waals surface area contributed by atoms with Crippen LogP contribution in [0.15, 0.2) is 96.4 Å². The first kappa shape index (κ1) is 19.7. The number of ether oxygens (including phenoxy) is 2. The minimum atomic E-state index is -0.353. The molecule has 32 heavy (non-hydrogen) atoms. The van der Waals surface area contributed by atoms with Crippen molar-refractivity contribution in [2.24, 2.45) is 5.73 Å². The van der Waals surface area contributed by atoms with Crippen LogP contribution in [0.1, 0.15) is 22.6 Å². The summed E-state index contributed by atoms with van der Waals surface area (Å²) in [6, 6.07) is 28.1. The van der Waals surface area contributed by atoms with E-state index in [9.17, 15) is 9.65 Å². The van der Waals surface area contributed by atoms with Crippen molar-refractivity contribution in [2.75, 3.05) is 0 Å². The van der Waals surface area contributed by atoms with Gasteiger partial charge in [-0.05, 0) is 29.1 Å². The molecule has 0 aromatic heterocycles. The molecule has 0 saturated heterocycles. The van der Waals surface area contributed by atoms with Gasteiger partial charge >= 0.3 is 0 Å². The highest BCUT2D eigenvalue weighted by Crippen LogP contribution is 2.45. The van der Waals surface area contributed by atoms with Crippen LogP contribution < -0.4 is 15.2 Å². The summed E-state index contributed by atoms with van der Waals surface area (Å²) >= 11 is 0. The van der Waals surface area contributed by atoms with Gasteiger partial charge in [0.05, 0.1) is 5.92 Å². The van der Waals surface area contributed by atoms with Crippen molar-refractivity contribution >= 4 is 10.8 Å². The van der Waals surface area contributed by atoms with E-state index in [1.165, 1.54) is 6.07 Å². The molecule has 0 aliphatic carbocycles. The van der Waals surface area contributed by atoms with E-state index >= 15 is 0 Å². The molecule has 1 unspecified atom stereocenters. The third-order valence-electron chi connectivity index (χ3n) is 5.67. The van der Waals surface area contributed by atoms with Gasteiger partial charge in [-0.25, -0.2) is 4.39 Å². The second kappa shape index (κ2) is 8.09. The lowest BCUT2D eigenvalue weighted by molar-refractivity contribution is 0.300. The minimum absolute atomic E-state index is 0.112. The van der Waals surface area contributed by atoms with Gasteiger partial charge in [0.15, 0.2) is 0 Å². The molecule has 0 spiro atoms. The van der Waals surface area contributed by atoms with E-state index in [2.05, 4.69) is 6.07 Å². The maximum Gasteiger partial charge on any atom is 0.205 e. The zero-order valence-corrected chi connectivity index (χ0v) is 17.1. The summed E-state index contributed by atoms with van der Waals surface area (Å²) in [6.45, 7) is 0.133. The maximum absolute atomic E-state index is 13.8. The molecule has 0 saturated carbocycles. The Morgan fingerprint density at radius 3 is 2.47 bits per heavy atom. The van der Waals surface area contributed by atoms with Crippen molar-refractivity contribution in [3.63, 3.8) is 0 Å². The molecule has 0 radical (unpaired) electrons. The summed E-state index contributed by atoms with van der Waals surface area (Å²) < 4.78 is 25.5. The average molecular weight is 422 g/mol. The Hall–Kier alpha value is -4.30. The number of nitrogens with zero attached hydrogens (tertiary/aromatic N) is 1. The summed E-state index contributed by atoms with van der Waals surface area (Å²) in [4.78, 5) is 0. The highest BCUT2D eigenvalue weighted by Gasteiger charge is 2.31. The average Bonchev–Trinajstić information content (AvgIpc) is 2.83. The monoisotopic (exact) mass is 422 g/mol. The number of hydrogen-bond acceptors (Lipinski definition) is 4. The Bertz CT molecular complexity index is 1390. The van der Waals surface area contributed by atoms with Gasteiger partial charge in [0.2, 0.25) is 5.88 Å². The third kappa shape index (κ3) is 3.42. The summed E-state index contributed by atoms with van der Waals surface area (Å²) in [6.07, 6.45) is 0. The molecule has 4 aromatic carbocycles. The number of fused-ring (bicyclic) bond motifs is 3. The van der Waals surface area contributed by atoms with E-state index in [0.29, 0.717) is 22.6 Å². The molecule has 156 valence electrons. The number of hydrogen-bond donors (Lipinski definition) is 1. The minimum Gasteiger partial charge on any atom is -0.489 e. The van der Waals surface area contributed by atoms with Crippen LogP contribution in [0.3, 0.4) is 0 Å². The molecule has 2 N–H and O–H groups in total.